The normalized spacial score (nSPS) is 9.81. The van der Waals surface area contributed by atoms with Crippen molar-refractivity contribution in [3.63, 3.8) is 0 Å². The maximum absolute atomic E-state index is 10.5. The van der Waals surface area contributed by atoms with Crippen LogP contribution >= 0.6 is 0 Å². The van der Waals surface area contributed by atoms with E-state index >= 15 is 0 Å². The molecule has 0 aliphatic heterocycles. The van der Waals surface area contributed by atoms with Gasteiger partial charge in [0.1, 0.15) is 5.75 Å². The Hall–Kier alpha value is -2.23. The van der Waals surface area contributed by atoms with E-state index < -0.39 is 0 Å². The summed E-state index contributed by atoms with van der Waals surface area (Å²) in [4.78, 5) is 18.5. The van der Waals surface area contributed by atoms with Gasteiger partial charge in [0.25, 0.3) is 0 Å². The molecule has 2 rings (SSSR count). The van der Waals surface area contributed by atoms with E-state index in [9.17, 15) is 4.79 Å². The second-order valence-electron chi connectivity index (χ2n) is 3.30. The molecule has 0 spiro atoms. The number of hydrogen-bond donors (Lipinski definition) is 0. The maximum atomic E-state index is 10.5. The van der Waals surface area contributed by atoms with E-state index in [0.717, 1.165) is 11.8 Å². The van der Waals surface area contributed by atoms with E-state index in [0.29, 0.717) is 17.2 Å². The molecule has 0 aromatic carbocycles. The van der Waals surface area contributed by atoms with Gasteiger partial charge >= 0.3 is 0 Å². The third-order valence-corrected chi connectivity index (χ3v) is 2.04. The zero-order chi connectivity index (χ0) is 11.4. The number of rotatable bonds is 3. The fourth-order valence-electron chi connectivity index (χ4n) is 1.27. The van der Waals surface area contributed by atoms with Crippen molar-refractivity contribution in [1.29, 1.82) is 0 Å². The van der Waals surface area contributed by atoms with Gasteiger partial charge in [-0.25, -0.2) is 4.98 Å². The summed E-state index contributed by atoms with van der Waals surface area (Å²) in [7, 11) is 0. The number of carbonyl (C=O) groups excluding carboxylic acids is 1. The molecule has 0 bridgehead atoms. The lowest BCUT2D eigenvalue weighted by Crippen LogP contribution is -1.93. The molecule has 0 radical (unpaired) electrons. The number of aryl methyl sites for hydroxylation is 1. The van der Waals surface area contributed by atoms with Crippen LogP contribution in [0.25, 0.3) is 0 Å². The molecule has 0 fully saturated rings. The standard InChI is InChI=1S/C12H10N2O2/c1-9-5-10(8-15)6-14-12(9)16-11-3-2-4-13-7-11/h2-8H,1H3. The zero-order valence-electron chi connectivity index (χ0n) is 8.75. The number of pyridine rings is 2. The molecule has 4 nitrogen and oxygen atoms in total. The molecule has 0 atom stereocenters. The van der Waals surface area contributed by atoms with E-state index in [1.165, 1.54) is 6.20 Å². The van der Waals surface area contributed by atoms with E-state index in [1.54, 1.807) is 30.6 Å². The molecule has 0 amide bonds. The highest BCUT2D eigenvalue weighted by atomic mass is 16.5. The quantitative estimate of drug-likeness (QED) is 0.736. The molecule has 2 aromatic rings. The lowest BCUT2D eigenvalue weighted by Gasteiger charge is -2.06. The van der Waals surface area contributed by atoms with Gasteiger partial charge in [-0.15, -0.1) is 0 Å². The lowest BCUT2D eigenvalue weighted by atomic mass is 10.2. The van der Waals surface area contributed by atoms with Crippen LogP contribution in [0.1, 0.15) is 15.9 Å². The molecule has 2 aromatic heterocycles. The second kappa shape index (κ2) is 4.53. The summed E-state index contributed by atoms with van der Waals surface area (Å²) in [6.07, 6.45) is 5.51. The minimum atomic E-state index is 0.485. The Bertz CT molecular complexity index is 498. The molecule has 0 N–H and O–H groups in total. The van der Waals surface area contributed by atoms with Crippen LogP contribution in [0.2, 0.25) is 0 Å². The summed E-state index contributed by atoms with van der Waals surface area (Å²) in [6, 6.07) is 5.30. The first-order valence-corrected chi connectivity index (χ1v) is 4.79. The topological polar surface area (TPSA) is 52.1 Å². The summed E-state index contributed by atoms with van der Waals surface area (Å²) >= 11 is 0. The average Bonchev–Trinajstić information content (AvgIpc) is 2.33. The molecule has 0 aliphatic rings. The van der Waals surface area contributed by atoms with Crippen molar-refractivity contribution in [2.45, 2.75) is 6.92 Å². The maximum Gasteiger partial charge on any atom is 0.222 e. The first-order valence-electron chi connectivity index (χ1n) is 4.79. The SMILES string of the molecule is Cc1cc(C=O)cnc1Oc1cccnc1. The molecule has 2 heterocycles. The highest BCUT2D eigenvalue weighted by Crippen LogP contribution is 2.21. The van der Waals surface area contributed by atoms with Crippen molar-refractivity contribution in [1.82, 2.24) is 9.97 Å². The molecule has 80 valence electrons. The molecule has 0 aliphatic carbocycles. The monoisotopic (exact) mass is 214 g/mol. The number of aromatic nitrogens is 2. The number of nitrogens with zero attached hydrogens (tertiary/aromatic N) is 2. The van der Waals surface area contributed by atoms with Crippen molar-refractivity contribution in [2.75, 3.05) is 0 Å². The summed E-state index contributed by atoms with van der Waals surface area (Å²) in [6.45, 7) is 1.84. The molecular weight excluding hydrogens is 204 g/mol. The lowest BCUT2D eigenvalue weighted by molar-refractivity contribution is 0.112. The minimum Gasteiger partial charge on any atom is -0.437 e. The van der Waals surface area contributed by atoms with Gasteiger partial charge in [-0.05, 0) is 25.1 Å². The van der Waals surface area contributed by atoms with Crippen molar-refractivity contribution in [3.05, 3.63) is 47.9 Å². The van der Waals surface area contributed by atoms with Crippen LogP contribution in [-0.4, -0.2) is 16.3 Å². The van der Waals surface area contributed by atoms with Crippen LogP contribution in [0.5, 0.6) is 11.6 Å². The molecule has 16 heavy (non-hydrogen) atoms. The van der Waals surface area contributed by atoms with Gasteiger partial charge < -0.3 is 4.74 Å². The van der Waals surface area contributed by atoms with Gasteiger partial charge in [-0.3, -0.25) is 9.78 Å². The van der Waals surface area contributed by atoms with Crippen LogP contribution in [0, 0.1) is 6.92 Å². The number of ether oxygens (including phenoxy) is 1. The molecule has 0 saturated carbocycles. The average molecular weight is 214 g/mol. The van der Waals surface area contributed by atoms with E-state index in [2.05, 4.69) is 9.97 Å². The Labute approximate surface area is 92.9 Å². The Morgan fingerprint density at radius 1 is 1.38 bits per heavy atom. The van der Waals surface area contributed by atoms with E-state index in [-0.39, 0.29) is 0 Å². The molecule has 4 heteroatoms. The summed E-state index contributed by atoms with van der Waals surface area (Å²) in [5, 5.41) is 0. The Morgan fingerprint density at radius 2 is 2.25 bits per heavy atom. The third kappa shape index (κ3) is 2.23. The fourth-order valence-corrected chi connectivity index (χ4v) is 1.27. The number of aldehydes is 1. The predicted molar refractivity (Wildman–Crippen MR) is 58.7 cm³/mol. The van der Waals surface area contributed by atoms with Gasteiger partial charge in [0.2, 0.25) is 5.88 Å². The fraction of sp³-hybridized carbons (Fsp3) is 0.0833. The Balaban J connectivity index is 2.25. The van der Waals surface area contributed by atoms with Crippen LogP contribution in [-0.2, 0) is 0 Å². The second-order valence-corrected chi connectivity index (χ2v) is 3.30. The summed E-state index contributed by atoms with van der Waals surface area (Å²) < 4.78 is 5.52. The van der Waals surface area contributed by atoms with Gasteiger partial charge in [0, 0.05) is 23.5 Å². The van der Waals surface area contributed by atoms with Gasteiger partial charge in [-0.1, -0.05) is 0 Å². The molecular formula is C12H10N2O2. The summed E-state index contributed by atoms with van der Waals surface area (Å²) in [5.41, 5.74) is 1.35. The van der Waals surface area contributed by atoms with Crippen molar-refractivity contribution in [2.24, 2.45) is 0 Å². The Kier molecular flexibility index (Phi) is 2.91. The van der Waals surface area contributed by atoms with E-state index in [1.807, 2.05) is 6.92 Å². The third-order valence-electron chi connectivity index (χ3n) is 2.04. The largest absolute Gasteiger partial charge is 0.437 e. The van der Waals surface area contributed by atoms with E-state index in [4.69, 9.17) is 4.74 Å². The highest BCUT2D eigenvalue weighted by Gasteiger charge is 2.03. The molecule has 0 unspecified atom stereocenters. The van der Waals surface area contributed by atoms with Crippen LogP contribution in [0.3, 0.4) is 0 Å². The Morgan fingerprint density at radius 3 is 2.88 bits per heavy atom. The van der Waals surface area contributed by atoms with Crippen LogP contribution in [0.4, 0.5) is 0 Å². The molecule has 0 saturated heterocycles. The minimum absolute atomic E-state index is 0.485. The van der Waals surface area contributed by atoms with Crippen molar-refractivity contribution < 1.29 is 9.53 Å². The number of carbonyl (C=O) groups is 1. The van der Waals surface area contributed by atoms with Crippen LogP contribution < -0.4 is 4.74 Å². The van der Waals surface area contributed by atoms with Gasteiger partial charge in [0.05, 0.1) is 6.20 Å². The van der Waals surface area contributed by atoms with Crippen LogP contribution in [0.15, 0.2) is 36.8 Å². The first kappa shape index (κ1) is 10.3. The predicted octanol–water partition coefficient (Wildman–Crippen LogP) is 2.39. The summed E-state index contributed by atoms with van der Waals surface area (Å²) in [5.74, 6) is 1.11. The first-order chi connectivity index (χ1) is 7.79. The number of hydrogen-bond acceptors (Lipinski definition) is 4. The van der Waals surface area contributed by atoms with Crippen molar-refractivity contribution >= 4 is 6.29 Å². The van der Waals surface area contributed by atoms with Gasteiger partial charge in [0.15, 0.2) is 6.29 Å². The van der Waals surface area contributed by atoms with Gasteiger partial charge in [-0.2, -0.15) is 0 Å². The van der Waals surface area contributed by atoms with Crippen molar-refractivity contribution in [3.8, 4) is 11.6 Å². The zero-order valence-corrected chi connectivity index (χ0v) is 8.75. The highest BCUT2D eigenvalue weighted by molar-refractivity contribution is 5.74. The smallest absolute Gasteiger partial charge is 0.222 e.